The van der Waals surface area contributed by atoms with Crippen molar-refractivity contribution < 1.29 is 4.74 Å². The molecular weight excluding hydrogens is 615 g/mol. The quantitative estimate of drug-likeness (QED) is 0.187. The Morgan fingerprint density at radius 1 is 0.560 bits per heavy atom. The number of aromatic nitrogens is 5. The molecule has 5 aromatic carbocycles. The summed E-state index contributed by atoms with van der Waals surface area (Å²) in [5.74, 6) is 2.58. The van der Waals surface area contributed by atoms with E-state index in [2.05, 4.69) is 143 Å². The van der Waals surface area contributed by atoms with Gasteiger partial charge in [0.15, 0.2) is 17.5 Å². The van der Waals surface area contributed by atoms with E-state index in [9.17, 15) is 0 Å². The molecule has 0 N–H and O–H groups in total. The van der Waals surface area contributed by atoms with Gasteiger partial charge in [0, 0.05) is 51.6 Å². The standard InChI is InChI=1S/C44H29N5O/c1-3-11-28(12-4-1)29-20-22-30(23-21-29)42-46-43(31-13-10-26-45-27-31)48-44(47-42)36-18-9-17-33-34-24-25-38-39(41(34)50-40(33)36)35-16-7-8-19-37(35)49(38)32-14-5-2-6-15-32/h1-27,34,41H. The summed E-state index contributed by atoms with van der Waals surface area (Å²) in [6.45, 7) is 0. The molecule has 4 heterocycles. The molecule has 8 aromatic rings. The van der Waals surface area contributed by atoms with E-state index in [1.807, 2.05) is 18.2 Å². The Kier molecular flexibility index (Phi) is 6.52. The van der Waals surface area contributed by atoms with Crippen LogP contribution in [0.3, 0.4) is 0 Å². The Labute approximate surface area is 289 Å². The second kappa shape index (κ2) is 11.5. The molecule has 1 aliphatic carbocycles. The molecule has 0 amide bonds. The predicted molar refractivity (Wildman–Crippen MR) is 198 cm³/mol. The average molecular weight is 644 g/mol. The fourth-order valence-electron chi connectivity index (χ4n) is 7.42. The monoisotopic (exact) mass is 643 g/mol. The molecule has 6 heteroatoms. The van der Waals surface area contributed by atoms with Gasteiger partial charge in [0.1, 0.15) is 11.9 Å². The van der Waals surface area contributed by atoms with Crippen LogP contribution in [0.1, 0.15) is 28.8 Å². The number of fused-ring (bicyclic) bond motifs is 7. The van der Waals surface area contributed by atoms with Crippen molar-refractivity contribution in [2.45, 2.75) is 12.0 Å². The molecule has 3 aromatic heterocycles. The number of hydrogen-bond acceptors (Lipinski definition) is 5. The summed E-state index contributed by atoms with van der Waals surface area (Å²) in [5, 5.41) is 1.19. The van der Waals surface area contributed by atoms with Gasteiger partial charge in [-0.25, -0.2) is 15.0 Å². The van der Waals surface area contributed by atoms with Crippen molar-refractivity contribution >= 4 is 17.0 Å². The maximum atomic E-state index is 7.06. The lowest BCUT2D eigenvalue weighted by Crippen LogP contribution is -2.13. The Morgan fingerprint density at radius 3 is 2.04 bits per heavy atom. The molecule has 2 aliphatic rings. The minimum Gasteiger partial charge on any atom is -0.484 e. The van der Waals surface area contributed by atoms with E-state index in [1.165, 1.54) is 10.9 Å². The SMILES string of the molecule is C1=CC2c3cccc(-c4nc(-c5ccc(-c6ccccc6)cc5)nc(-c5cccnc5)n4)c3OC2c2c1n(-c1ccccc1)c1ccccc21. The highest BCUT2D eigenvalue weighted by Gasteiger charge is 2.41. The van der Waals surface area contributed by atoms with Gasteiger partial charge in [-0.05, 0) is 53.6 Å². The molecule has 2 unspecified atom stereocenters. The number of rotatable bonds is 5. The van der Waals surface area contributed by atoms with E-state index >= 15 is 0 Å². The number of para-hydroxylation sites is 3. The summed E-state index contributed by atoms with van der Waals surface area (Å²) in [5.41, 5.74) is 10.6. The van der Waals surface area contributed by atoms with Crippen LogP contribution < -0.4 is 4.74 Å². The van der Waals surface area contributed by atoms with Crippen LogP contribution in [0, 0.1) is 0 Å². The third-order valence-corrected chi connectivity index (χ3v) is 9.73. The maximum Gasteiger partial charge on any atom is 0.167 e. The smallest absolute Gasteiger partial charge is 0.167 e. The lowest BCUT2D eigenvalue weighted by Gasteiger charge is -2.22. The molecule has 0 saturated carbocycles. The largest absolute Gasteiger partial charge is 0.484 e. The summed E-state index contributed by atoms with van der Waals surface area (Å²) >= 11 is 0. The van der Waals surface area contributed by atoms with E-state index in [1.54, 1.807) is 12.4 Å². The summed E-state index contributed by atoms with van der Waals surface area (Å²) in [6, 6.07) is 48.0. The molecule has 236 valence electrons. The van der Waals surface area contributed by atoms with Crippen LogP contribution in [0.4, 0.5) is 0 Å². The van der Waals surface area contributed by atoms with Crippen LogP contribution in [0.15, 0.2) is 158 Å². The van der Waals surface area contributed by atoms with Crippen molar-refractivity contribution in [3.8, 4) is 56.7 Å². The molecule has 1 aliphatic heterocycles. The van der Waals surface area contributed by atoms with E-state index in [0.29, 0.717) is 17.5 Å². The molecule has 2 atom stereocenters. The lowest BCUT2D eigenvalue weighted by molar-refractivity contribution is 0.225. The van der Waals surface area contributed by atoms with Crippen molar-refractivity contribution in [3.63, 3.8) is 0 Å². The molecule has 0 saturated heterocycles. The Hall–Kier alpha value is -6.66. The molecule has 50 heavy (non-hydrogen) atoms. The van der Waals surface area contributed by atoms with E-state index in [0.717, 1.165) is 56.0 Å². The Morgan fingerprint density at radius 2 is 1.24 bits per heavy atom. The van der Waals surface area contributed by atoms with Crippen LogP contribution >= 0.6 is 0 Å². The fraction of sp³-hybridized carbons (Fsp3) is 0.0455. The normalized spacial score (nSPS) is 15.7. The second-order valence-corrected chi connectivity index (χ2v) is 12.6. The summed E-state index contributed by atoms with van der Waals surface area (Å²) in [4.78, 5) is 19.4. The summed E-state index contributed by atoms with van der Waals surface area (Å²) in [7, 11) is 0. The first kappa shape index (κ1) is 28.4. The zero-order valence-electron chi connectivity index (χ0n) is 26.9. The van der Waals surface area contributed by atoms with Crippen molar-refractivity contribution in [3.05, 3.63) is 175 Å². The average Bonchev–Trinajstić information content (AvgIpc) is 3.75. The van der Waals surface area contributed by atoms with Crippen LogP contribution in [0.5, 0.6) is 5.75 Å². The first-order chi connectivity index (χ1) is 24.8. The van der Waals surface area contributed by atoms with Gasteiger partial charge in [-0.1, -0.05) is 109 Å². The van der Waals surface area contributed by atoms with E-state index in [4.69, 9.17) is 19.7 Å². The number of ether oxygens (including phenoxy) is 1. The third-order valence-electron chi connectivity index (χ3n) is 9.73. The Balaban J connectivity index is 1.10. The molecule has 6 nitrogen and oxygen atoms in total. The third kappa shape index (κ3) is 4.57. The van der Waals surface area contributed by atoms with Gasteiger partial charge < -0.3 is 9.30 Å². The predicted octanol–water partition coefficient (Wildman–Crippen LogP) is 10.1. The zero-order chi connectivity index (χ0) is 33.0. The number of hydrogen-bond donors (Lipinski definition) is 0. The number of benzene rings is 5. The molecule has 0 radical (unpaired) electrons. The van der Waals surface area contributed by atoms with Crippen molar-refractivity contribution in [1.29, 1.82) is 0 Å². The van der Waals surface area contributed by atoms with Crippen molar-refractivity contribution in [2.24, 2.45) is 0 Å². The van der Waals surface area contributed by atoms with Crippen molar-refractivity contribution in [2.75, 3.05) is 0 Å². The highest BCUT2D eigenvalue weighted by atomic mass is 16.5. The van der Waals surface area contributed by atoms with Gasteiger partial charge in [-0.3, -0.25) is 4.98 Å². The Bertz CT molecular complexity index is 2560. The molecular formula is C44H29N5O. The maximum absolute atomic E-state index is 7.06. The van der Waals surface area contributed by atoms with Gasteiger partial charge in [-0.2, -0.15) is 0 Å². The molecule has 10 rings (SSSR count). The molecule has 0 bridgehead atoms. The van der Waals surface area contributed by atoms with Gasteiger partial charge in [0.25, 0.3) is 0 Å². The van der Waals surface area contributed by atoms with Gasteiger partial charge in [-0.15, -0.1) is 0 Å². The lowest BCUT2D eigenvalue weighted by atomic mass is 9.85. The minimum absolute atomic E-state index is 0.0529. The van der Waals surface area contributed by atoms with Crippen LogP contribution in [0.25, 0.3) is 68.0 Å². The van der Waals surface area contributed by atoms with Gasteiger partial charge in [0.05, 0.1) is 16.8 Å². The zero-order valence-corrected chi connectivity index (χ0v) is 26.9. The topological polar surface area (TPSA) is 65.7 Å². The summed E-state index contributed by atoms with van der Waals surface area (Å²) < 4.78 is 9.40. The fourth-order valence-corrected chi connectivity index (χ4v) is 7.42. The second-order valence-electron chi connectivity index (χ2n) is 12.6. The van der Waals surface area contributed by atoms with Crippen molar-refractivity contribution in [1.82, 2.24) is 24.5 Å². The van der Waals surface area contributed by atoms with Crippen LogP contribution in [0.2, 0.25) is 0 Å². The first-order valence-corrected chi connectivity index (χ1v) is 16.8. The van der Waals surface area contributed by atoms with E-state index in [-0.39, 0.29) is 12.0 Å². The van der Waals surface area contributed by atoms with E-state index < -0.39 is 0 Å². The van der Waals surface area contributed by atoms with Gasteiger partial charge in [0.2, 0.25) is 0 Å². The van der Waals surface area contributed by atoms with Crippen LogP contribution in [-0.4, -0.2) is 24.5 Å². The number of pyridine rings is 1. The van der Waals surface area contributed by atoms with Gasteiger partial charge >= 0.3 is 0 Å². The minimum atomic E-state index is -0.189. The molecule has 0 spiro atoms. The number of nitrogens with zero attached hydrogens (tertiary/aromatic N) is 5. The molecule has 0 fully saturated rings. The first-order valence-electron chi connectivity index (χ1n) is 16.8. The summed E-state index contributed by atoms with van der Waals surface area (Å²) in [6.07, 6.45) is 7.90. The van der Waals surface area contributed by atoms with Crippen LogP contribution in [-0.2, 0) is 0 Å². The highest BCUT2D eigenvalue weighted by Crippen LogP contribution is 2.55. The highest BCUT2D eigenvalue weighted by molar-refractivity contribution is 5.92.